The van der Waals surface area contributed by atoms with Gasteiger partial charge in [0.25, 0.3) is 0 Å². The Bertz CT molecular complexity index is 1130. The molecule has 7 nitrogen and oxygen atoms in total. The van der Waals surface area contributed by atoms with Crippen molar-refractivity contribution in [2.45, 2.75) is 39.1 Å². The normalized spacial score (nSPS) is 10.7. The molecule has 1 aromatic heterocycles. The molecule has 0 fully saturated rings. The lowest BCUT2D eigenvalue weighted by atomic mass is 10.2. The van der Waals surface area contributed by atoms with E-state index < -0.39 is 0 Å². The van der Waals surface area contributed by atoms with Gasteiger partial charge >= 0.3 is 0 Å². The van der Waals surface area contributed by atoms with E-state index in [4.69, 9.17) is 21.1 Å². The monoisotopic (exact) mass is 486 g/mol. The van der Waals surface area contributed by atoms with Crippen LogP contribution in [0.4, 0.5) is 5.69 Å². The number of carbonyl (C=O) groups is 1. The van der Waals surface area contributed by atoms with Gasteiger partial charge in [0.05, 0.1) is 12.4 Å². The van der Waals surface area contributed by atoms with Crippen LogP contribution in [0.25, 0.3) is 0 Å². The summed E-state index contributed by atoms with van der Waals surface area (Å²) in [5.74, 6) is 1.98. The Morgan fingerprint density at radius 3 is 2.76 bits per heavy atom. The third-order valence-corrected chi connectivity index (χ3v) is 5.87. The van der Waals surface area contributed by atoms with E-state index in [1.165, 1.54) is 11.8 Å². The highest BCUT2D eigenvalue weighted by Crippen LogP contribution is 2.29. The topological polar surface area (TPSA) is 78.3 Å². The molecule has 1 amide bonds. The number of hydrogen-bond acceptors (Lipinski definition) is 6. The highest BCUT2D eigenvalue weighted by molar-refractivity contribution is 7.99. The van der Waals surface area contributed by atoms with E-state index in [-0.39, 0.29) is 18.3 Å². The summed E-state index contributed by atoms with van der Waals surface area (Å²) in [6.07, 6.45) is 1.75. The van der Waals surface area contributed by atoms with Gasteiger partial charge in [0.15, 0.2) is 22.5 Å². The van der Waals surface area contributed by atoms with Gasteiger partial charge < -0.3 is 14.8 Å². The van der Waals surface area contributed by atoms with E-state index in [9.17, 15) is 4.79 Å². The standard InChI is InChI=1S/C24H27ClN4O3S/c1-5-11-29-22(14-32-20-10-7-16(3)12-21(20)31-6-2)27-28-24(29)33-15-23(30)26-19-13-18(25)9-8-17(19)4/h5,7-10,12-13H,1,6,11,14-15H2,2-4H3,(H,26,30). The largest absolute Gasteiger partial charge is 0.490 e. The van der Waals surface area contributed by atoms with Gasteiger partial charge in [-0.15, -0.1) is 16.8 Å². The average Bonchev–Trinajstić information content (AvgIpc) is 3.16. The fraction of sp³-hybridized carbons (Fsp3) is 0.292. The van der Waals surface area contributed by atoms with Crippen molar-refractivity contribution in [2.24, 2.45) is 0 Å². The molecule has 1 N–H and O–H groups in total. The van der Waals surface area contributed by atoms with Crippen molar-refractivity contribution in [3.05, 3.63) is 71.0 Å². The number of rotatable bonds is 11. The van der Waals surface area contributed by atoms with Crippen LogP contribution in [0.3, 0.4) is 0 Å². The number of thioether (sulfide) groups is 1. The zero-order valence-electron chi connectivity index (χ0n) is 18.9. The predicted octanol–water partition coefficient (Wildman–Crippen LogP) is 5.44. The Labute approximate surface area is 203 Å². The fourth-order valence-electron chi connectivity index (χ4n) is 3.04. The number of nitrogens with zero attached hydrogens (tertiary/aromatic N) is 3. The molecule has 3 rings (SSSR count). The van der Waals surface area contributed by atoms with Gasteiger partial charge in [0.1, 0.15) is 6.61 Å². The second kappa shape index (κ2) is 11.8. The van der Waals surface area contributed by atoms with Crippen molar-refractivity contribution >= 4 is 35.0 Å². The van der Waals surface area contributed by atoms with Gasteiger partial charge in [-0.2, -0.15) is 0 Å². The van der Waals surface area contributed by atoms with Gasteiger partial charge in [0, 0.05) is 17.3 Å². The first-order chi connectivity index (χ1) is 15.9. The van der Waals surface area contributed by atoms with Crippen LogP contribution in [0.1, 0.15) is 23.9 Å². The van der Waals surface area contributed by atoms with Crippen LogP contribution >= 0.6 is 23.4 Å². The first kappa shape index (κ1) is 24.7. The number of ether oxygens (including phenoxy) is 2. The molecule has 9 heteroatoms. The van der Waals surface area contributed by atoms with Crippen molar-refractivity contribution < 1.29 is 14.3 Å². The lowest BCUT2D eigenvalue weighted by Gasteiger charge is -2.13. The summed E-state index contributed by atoms with van der Waals surface area (Å²) in [6.45, 7) is 10.9. The fourth-order valence-corrected chi connectivity index (χ4v) is 3.97. The van der Waals surface area contributed by atoms with Crippen molar-refractivity contribution in [3.63, 3.8) is 0 Å². The number of anilines is 1. The van der Waals surface area contributed by atoms with Crippen LogP contribution < -0.4 is 14.8 Å². The molecule has 0 aliphatic carbocycles. The molecule has 0 saturated heterocycles. The summed E-state index contributed by atoms with van der Waals surface area (Å²) in [7, 11) is 0. The van der Waals surface area contributed by atoms with E-state index >= 15 is 0 Å². The number of aromatic nitrogens is 3. The van der Waals surface area contributed by atoms with Gasteiger partial charge in [-0.25, -0.2) is 0 Å². The maximum atomic E-state index is 12.5. The van der Waals surface area contributed by atoms with Crippen LogP contribution in [0.5, 0.6) is 11.5 Å². The molecule has 2 aromatic carbocycles. The summed E-state index contributed by atoms with van der Waals surface area (Å²) in [5, 5.41) is 12.6. The summed E-state index contributed by atoms with van der Waals surface area (Å²) in [6, 6.07) is 11.2. The second-order valence-electron chi connectivity index (χ2n) is 7.27. The number of aryl methyl sites for hydroxylation is 2. The Kier molecular flexibility index (Phi) is 8.79. The van der Waals surface area contributed by atoms with Crippen LogP contribution in [-0.4, -0.2) is 33.0 Å². The summed E-state index contributed by atoms with van der Waals surface area (Å²) in [4.78, 5) is 12.5. The molecule has 0 aliphatic rings. The summed E-state index contributed by atoms with van der Waals surface area (Å²) in [5.41, 5.74) is 2.72. The number of allylic oxidation sites excluding steroid dienone is 1. The van der Waals surface area contributed by atoms with Gasteiger partial charge in [-0.05, 0) is 56.2 Å². The Morgan fingerprint density at radius 1 is 1.18 bits per heavy atom. The number of hydrogen-bond donors (Lipinski definition) is 1. The van der Waals surface area contributed by atoms with E-state index in [0.717, 1.165) is 11.1 Å². The molecule has 0 spiro atoms. The van der Waals surface area contributed by atoms with Crippen molar-refractivity contribution in [1.82, 2.24) is 14.8 Å². The molecule has 0 saturated carbocycles. The predicted molar refractivity (Wildman–Crippen MR) is 132 cm³/mol. The first-order valence-electron chi connectivity index (χ1n) is 10.5. The summed E-state index contributed by atoms with van der Waals surface area (Å²) < 4.78 is 13.5. The molecule has 0 aliphatic heterocycles. The number of benzene rings is 2. The number of amides is 1. The zero-order chi connectivity index (χ0) is 23.8. The van der Waals surface area contributed by atoms with Gasteiger partial charge in [0.2, 0.25) is 5.91 Å². The molecule has 0 bridgehead atoms. The zero-order valence-corrected chi connectivity index (χ0v) is 20.5. The van der Waals surface area contributed by atoms with Crippen LogP contribution in [-0.2, 0) is 17.9 Å². The van der Waals surface area contributed by atoms with E-state index in [1.807, 2.05) is 49.6 Å². The van der Waals surface area contributed by atoms with E-state index in [0.29, 0.717) is 46.3 Å². The first-order valence-corrected chi connectivity index (χ1v) is 11.9. The minimum atomic E-state index is -0.155. The van der Waals surface area contributed by atoms with Crippen LogP contribution in [0.2, 0.25) is 5.02 Å². The second-order valence-corrected chi connectivity index (χ2v) is 8.64. The SMILES string of the molecule is C=CCn1c(COc2ccc(C)cc2OCC)nnc1SCC(=O)Nc1cc(Cl)ccc1C. The number of carbonyl (C=O) groups excluding carboxylic acids is 1. The molecular formula is C24H27ClN4O3S. The molecule has 174 valence electrons. The minimum absolute atomic E-state index is 0.155. The Morgan fingerprint density at radius 2 is 2.00 bits per heavy atom. The molecular weight excluding hydrogens is 460 g/mol. The smallest absolute Gasteiger partial charge is 0.234 e. The minimum Gasteiger partial charge on any atom is -0.490 e. The van der Waals surface area contributed by atoms with Gasteiger partial charge in [-0.3, -0.25) is 9.36 Å². The van der Waals surface area contributed by atoms with Crippen LogP contribution in [0, 0.1) is 13.8 Å². The Hall–Kier alpha value is -2.97. The number of nitrogens with one attached hydrogen (secondary N) is 1. The maximum absolute atomic E-state index is 12.5. The third kappa shape index (κ3) is 6.76. The molecule has 1 heterocycles. The van der Waals surface area contributed by atoms with Crippen molar-refractivity contribution in [2.75, 3.05) is 17.7 Å². The molecule has 0 unspecified atom stereocenters. The van der Waals surface area contributed by atoms with Crippen LogP contribution in [0.15, 0.2) is 54.2 Å². The third-order valence-electron chi connectivity index (χ3n) is 4.67. The molecule has 0 radical (unpaired) electrons. The summed E-state index contributed by atoms with van der Waals surface area (Å²) >= 11 is 7.33. The quantitative estimate of drug-likeness (QED) is 0.287. The molecule has 3 aromatic rings. The lowest BCUT2D eigenvalue weighted by Crippen LogP contribution is -2.15. The molecule has 0 atom stereocenters. The Balaban J connectivity index is 1.66. The highest BCUT2D eigenvalue weighted by atomic mass is 35.5. The average molecular weight is 487 g/mol. The molecule has 33 heavy (non-hydrogen) atoms. The van der Waals surface area contributed by atoms with Gasteiger partial charge in [-0.1, -0.05) is 41.6 Å². The van der Waals surface area contributed by atoms with E-state index in [1.54, 1.807) is 18.2 Å². The van der Waals surface area contributed by atoms with Crippen molar-refractivity contribution in [1.29, 1.82) is 0 Å². The maximum Gasteiger partial charge on any atom is 0.234 e. The van der Waals surface area contributed by atoms with E-state index in [2.05, 4.69) is 22.1 Å². The van der Waals surface area contributed by atoms with Crippen molar-refractivity contribution in [3.8, 4) is 11.5 Å². The lowest BCUT2D eigenvalue weighted by molar-refractivity contribution is -0.113. The number of halogens is 1. The highest BCUT2D eigenvalue weighted by Gasteiger charge is 2.16.